The largest absolute Gasteiger partial charge is 0.296 e. The molecule has 0 aliphatic heterocycles. The number of hydrogen-bond acceptors (Lipinski definition) is 3. The number of unbranched alkanes of at least 4 members (excludes halogenated alkanes) is 1. The van der Waals surface area contributed by atoms with Gasteiger partial charge in [0.2, 0.25) is 0 Å². The zero-order chi connectivity index (χ0) is 12.3. The van der Waals surface area contributed by atoms with Gasteiger partial charge in [-0.25, -0.2) is 4.98 Å². The van der Waals surface area contributed by atoms with E-state index in [0.29, 0.717) is 0 Å². The van der Waals surface area contributed by atoms with Gasteiger partial charge in [-0.15, -0.1) is 11.3 Å². The molecule has 17 heavy (non-hydrogen) atoms. The lowest BCUT2D eigenvalue weighted by Gasteiger charge is -2.10. The van der Waals surface area contributed by atoms with Crippen LogP contribution in [0.25, 0.3) is 10.2 Å². The van der Waals surface area contributed by atoms with E-state index in [1.807, 2.05) is 16.0 Å². The Kier molecular flexibility index (Phi) is 3.94. The second-order valence-corrected chi connectivity index (χ2v) is 5.12. The van der Waals surface area contributed by atoms with Crippen molar-refractivity contribution in [3.63, 3.8) is 0 Å². The molecule has 92 valence electrons. The molecule has 0 N–H and O–H groups in total. The predicted octanol–water partition coefficient (Wildman–Crippen LogP) is 3.21. The highest BCUT2D eigenvalue weighted by Gasteiger charge is 2.10. The van der Waals surface area contributed by atoms with Crippen molar-refractivity contribution < 1.29 is 0 Å². The fraction of sp³-hybridized carbons (Fsp3) is 0.538. The minimum absolute atomic E-state index is 0.129. The van der Waals surface area contributed by atoms with Gasteiger partial charge in [0.05, 0.1) is 5.39 Å². The standard InChI is InChI=1S/C13H18N2OS/c1-3-5-6-11-14-12-10(7-9-17-12)13(16)15(11)8-4-2/h7,9H,3-6,8H2,1-2H3. The van der Waals surface area contributed by atoms with Crippen molar-refractivity contribution >= 4 is 21.6 Å². The number of rotatable bonds is 5. The molecule has 2 heterocycles. The number of thiophene rings is 1. The Morgan fingerprint density at radius 1 is 1.35 bits per heavy atom. The summed E-state index contributed by atoms with van der Waals surface area (Å²) in [7, 11) is 0. The van der Waals surface area contributed by atoms with Crippen LogP contribution in [0.3, 0.4) is 0 Å². The van der Waals surface area contributed by atoms with Gasteiger partial charge in [-0.05, 0) is 24.3 Å². The first-order chi connectivity index (χ1) is 8.27. The maximum atomic E-state index is 12.3. The highest BCUT2D eigenvalue weighted by Crippen LogP contribution is 2.16. The number of hydrogen-bond donors (Lipinski definition) is 0. The fourth-order valence-corrected chi connectivity index (χ4v) is 2.74. The van der Waals surface area contributed by atoms with Crippen LogP contribution >= 0.6 is 11.3 Å². The first-order valence-corrected chi connectivity index (χ1v) is 7.12. The van der Waals surface area contributed by atoms with Crippen molar-refractivity contribution in [1.82, 2.24) is 9.55 Å². The van der Waals surface area contributed by atoms with Crippen LogP contribution < -0.4 is 5.56 Å². The Balaban J connectivity index is 2.53. The van der Waals surface area contributed by atoms with Crippen LogP contribution in [0.1, 0.15) is 38.9 Å². The van der Waals surface area contributed by atoms with Crippen LogP contribution in [0.15, 0.2) is 16.2 Å². The average molecular weight is 250 g/mol. The van der Waals surface area contributed by atoms with Gasteiger partial charge in [-0.1, -0.05) is 20.3 Å². The van der Waals surface area contributed by atoms with E-state index in [4.69, 9.17) is 0 Å². The molecule has 0 aromatic carbocycles. The molecule has 0 aliphatic carbocycles. The van der Waals surface area contributed by atoms with E-state index in [2.05, 4.69) is 18.8 Å². The molecule has 0 spiro atoms. The van der Waals surface area contributed by atoms with Crippen molar-refractivity contribution in [2.75, 3.05) is 0 Å². The van der Waals surface area contributed by atoms with Crippen LogP contribution in [0.2, 0.25) is 0 Å². The van der Waals surface area contributed by atoms with Crippen molar-refractivity contribution in [3.05, 3.63) is 27.6 Å². The van der Waals surface area contributed by atoms with Gasteiger partial charge in [-0.3, -0.25) is 9.36 Å². The highest BCUT2D eigenvalue weighted by molar-refractivity contribution is 7.16. The lowest BCUT2D eigenvalue weighted by Crippen LogP contribution is -2.24. The van der Waals surface area contributed by atoms with Gasteiger partial charge in [0.25, 0.3) is 5.56 Å². The smallest absolute Gasteiger partial charge is 0.262 e. The molecule has 0 radical (unpaired) electrons. The normalized spacial score (nSPS) is 11.2. The Bertz CT molecular complexity index is 556. The number of nitrogens with zero attached hydrogens (tertiary/aromatic N) is 2. The summed E-state index contributed by atoms with van der Waals surface area (Å²) in [6.07, 6.45) is 4.09. The average Bonchev–Trinajstić information content (AvgIpc) is 2.79. The second kappa shape index (κ2) is 5.45. The van der Waals surface area contributed by atoms with Crippen molar-refractivity contribution in [3.8, 4) is 0 Å². The zero-order valence-electron chi connectivity index (χ0n) is 10.4. The molecule has 2 aromatic heterocycles. The summed E-state index contributed by atoms with van der Waals surface area (Å²) in [4.78, 5) is 17.8. The molecule has 2 rings (SSSR count). The molecular formula is C13H18N2OS. The number of aryl methyl sites for hydroxylation is 1. The van der Waals surface area contributed by atoms with Crippen LogP contribution in [0.5, 0.6) is 0 Å². The van der Waals surface area contributed by atoms with Crippen LogP contribution in [0, 0.1) is 0 Å². The van der Waals surface area contributed by atoms with E-state index in [-0.39, 0.29) is 5.56 Å². The first-order valence-electron chi connectivity index (χ1n) is 6.24. The predicted molar refractivity (Wildman–Crippen MR) is 72.8 cm³/mol. The fourth-order valence-electron chi connectivity index (χ4n) is 1.97. The Morgan fingerprint density at radius 3 is 2.88 bits per heavy atom. The van der Waals surface area contributed by atoms with Crippen molar-refractivity contribution in [2.24, 2.45) is 0 Å². The summed E-state index contributed by atoms with van der Waals surface area (Å²) in [5.41, 5.74) is 0.129. The Labute approximate surface area is 105 Å². The summed E-state index contributed by atoms with van der Waals surface area (Å²) in [5.74, 6) is 0.952. The van der Waals surface area contributed by atoms with Crippen LogP contribution in [0.4, 0.5) is 0 Å². The topological polar surface area (TPSA) is 34.9 Å². The van der Waals surface area contributed by atoms with Crippen LogP contribution in [-0.2, 0) is 13.0 Å². The van der Waals surface area contributed by atoms with E-state index >= 15 is 0 Å². The number of aromatic nitrogens is 2. The minimum atomic E-state index is 0.129. The Morgan fingerprint density at radius 2 is 2.18 bits per heavy atom. The molecule has 0 fully saturated rings. The third-order valence-corrected chi connectivity index (χ3v) is 3.67. The monoisotopic (exact) mass is 250 g/mol. The van der Waals surface area contributed by atoms with E-state index in [1.165, 1.54) is 0 Å². The highest BCUT2D eigenvalue weighted by atomic mass is 32.1. The van der Waals surface area contributed by atoms with E-state index in [9.17, 15) is 4.79 Å². The lowest BCUT2D eigenvalue weighted by atomic mass is 10.2. The molecule has 2 aromatic rings. The molecule has 0 saturated carbocycles. The quantitative estimate of drug-likeness (QED) is 0.816. The lowest BCUT2D eigenvalue weighted by molar-refractivity contribution is 0.591. The van der Waals surface area contributed by atoms with Gasteiger partial charge < -0.3 is 0 Å². The number of fused-ring (bicyclic) bond motifs is 1. The van der Waals surface area contributed by atoms with E-state index in [1.54, 1.807) is 11.3 Å². The molecule has 0 saturated heterocycles. The third kappa shape index (κ3) is 2.41. The van der Waals surface area contributed by atoms with Gasteiger partial charge in [0.1, 0.15) is 10.7 Å². The van der Waals surface area contributed by atoms with E-state index < -0.39 is 0 Å². The molecule has 3 nitrogen and oxygen atoms in total. The SMILES string of the molecule is CCCCc1nc2sccc2c(=O)n1CCC. The summed E-state index contributed by atoms with van der Waals surface area (Å²) in [6.45, 7) is 5.02. The van der Waals surface area contributed by atoms with Gasteiger partial charge in [0, 0.05) is 13.0 Å². The zero-order valence-corrected chi connectivity index (χ0v) is 11.2. The maximum absolute atomic E-state index is 12.3. The Hall–Kier alpha value is -1.16. The second-order valence-electron chi connectivity index (χ2n) is 4.23. The summed E-state index contributed by atoms with van der Waals surface area (Å²) in [5, 5.41) is 2.71. The summed E-state index contributed by atoms with van der Waals surface area (Å²) < 4.78 is 1.85. The summed E-state index contributed by atoms with van der Waals surface area (Å²) >= 11 is 1.55. The minimum Gasteiger partial charge on any atom is -0.296 e. The van der Waals surface area contributed by atoms with Crippen LogP contribution in [-0.4, -0.2) is 9.55 Å². The van der Waals surface area contributed by atoms with Crippen molar-refractivity contribution in [2.45, 2.75) is 46.1 Å². The molecule has 4 heteroatoms. The third-order valence-electron chi connectivity index (χ3n) is 2.86. The summed E-state index contributed by atoms with van der Waals surface area (Å²) in [6, 6.07) is 1.88. The van der Waals surface area contributed by atoms with Gasteiger partial charge in [0.15, 0.2) is 0 Å². The van der Waals surface area contributed by atoms with Gasteiger partial charge >= 0.3 is 0 Å². The molecule has 0 bridgehead atoms. The first kappa shape index (κ1) is 12.3. The van der Waals surface area contributed by atoms with E-state index in [0.717, 1.165) is 48.3 Å². The maximum Gasteiger partial charge on any atom is 0.262 e. The molecule has 0 unspecified atom stereocenters. The van der Waals surface area contributed by atoms with Crippen molar-refractivity contribution in [1.29, 1.82) is 0 Å². The molecule has 0 atom stereocenters. The molecular weight excluding hydrogens is 232 g/mol. The molecule has 0 aliphatic rings. The molecule has 0 amide bonds. The van der Waals surface area contributed by atoms with Gasteiger partial charge in [-0.2, -0.15) is 0 Å².